The van der Waals surface area contributed by atoms with Crippen LogP contribution in [0.2, 0.25) is 0 Å². The maximum absolute atomic E-state index is 13.2. The number of hydrogen-bond acceptors (Lipinski definition) is 4. The molecule has 5 nitrogen and oxygen atoms in total. The first kappa shape index (κ1) is 18.2. The van der Waals surface area contributed by atoms with E-state index in [0.717, 1.165) is 17.7 Å². The molecule has 10 heteroatoms. The first-order valence-corrected chi connectivity index (χ1v) is 8.43. The molecule has 0 atom stereocenters. The number of nitrogens with one attached hydrogen (secondary N) is 1. The SMILES string of the molecule is Cc1cnn(CCCNc2ccc(F)cc2S(=O)(=O)C(F)(F)F)c1. The molecule has 0 amide bonds. The van der Waals surface area contributed by atoms with Crippen molar-refractivity contribution in [3.8, 4) is 0 Å². The average molecular weight is 365 g/mol. The van der Waals surface area contributed by atoms with Gasteiger partial charge in [-0.25, -0.2) is 12.8 Å². The van der Waals surface area contributed by atoms with Crippen molar-refractivity contribution in [2.24, 2.45) is 0 Å². The predicted octanol–water partition coefficient (Wildman–Crippen LogP) is 3.13. The lowest BCUT2D eigenvalue weighted by molar-refractivity contribution is -0.0435. The molecule has 1 aromatic heterocycles. The summed E-state index contributed by atoms with van der Waals surface area (Å²) >= 11 is 0. The van der Waals surface area contributed by atoms with Crippen molar-refractivity contribution < 1.29 is 26.0 Å². The molecule has 0 bridgehead atoms. The molecule has 24 heavy (non-hydrogen) atoms. The molecule has 0 aliphatic carbocycles. The van der Waals surface area contributed by atoms with E-state index in [9.17, 15) is 26.0 Å². The highest BCUT2D eigenvalue weighted by Gasteiger charge is 2.48. The van der Waals surface area contributed by atoms with Crippen molar-refractivity contribution in [3.63, 3.8) is 0 Å². The van der Waals surface area contributed by atoms with Crippen LogP contribution in [-0.4, -0.2) is 30.3 Å². The zero-order valence-electron chi connectivity index (χ0n) is 12.6. The molecule has 0 aliphatic heterocycles. The topological polar surface area (TPSA) is 64.0 Å². The number of nitrogens with zero attached hydrogens (tertiary/aromatic N) is 2. The highest BCUT2D eigenvalue weighted by atomic mass is 32.2. The van der Waals surface area contributed by atoms with Crippen molar-refractivity contribution in [2.75, 3.05) is 11.9 Å². The van der Waals surface area contributed by atoms with E-state index >= 15 is 0 Å². The Morgan fingerprint density at radius 2 is 2.00 bits per heavy atom. The molecule has 1 aromatic carbocycles. The molecule has 2 aromatic rings. The third kappa shape index (κ3) is 4.05. The van der Waals surface area contributed by atoms with E-state index in [4.69, 9.17) is 0 Å². The Bertz CT molecular complexity index is 816. The maximum Gasteiger partial charge on any atom is 0.501 e. The van der Waals surface area contributed by atoms with Gasteiger partial charge in [-0.1, -0.05) is 0 Å². The summed E-state index contributed by atoms with van der Waals surface area (Å²) in [6.07, 6.45) is 3.96. The minimum Gasteiger partial charge on any atom is -0.384 e. The lowest BCUT2D eigenvalue weighted by atomic mass is 10.3. The second kappa shape index (κ2) is 6.80. The number of aryl methyl sites for hydroxylation is 2. The molecular formula is C14H15F4N3O2S. The fraction of sp³-hybridized carbons (Fsp3) is 0.357. The van der Waals surface area contributed by atoms with Gasteiger partial charge in [0.2, 0.25) is 0 Å². The van der Waals surface area contributed by atoms with E-state index in [1.54, 1.807) is 17.1 Å². The molecule has 0 unspecified atom stereocenters. The minimum absolute atomic E-state index is 0.199. The normalized spacial score (nSPS) is 12.4. The molecule has 132 valence electrons. The maximum atomic E-state index is 13.2. The van der Waals surface area contributed by atoms with Gasteiger partial charge >= 0.3 is 5.51 Å². The van der Waals surface area contributed by atoms with Crippen LogP contribution in [0.5, 0.6) is 0 Å². The van der Waals surface area contributed by atoms with Crippen molar-refractivity contribution in [1.82, 2.24) is 9.78 Å². The Morgan fingerprint density at radius 3 is 2.58 bits per heavy atom. The first-order valence-electron chi connectivity index (χ1n) is 6.95. The number of sulfone groups is 1. The van der Waals surface area contributed by atoms with Gasteiger partial charge in [0.05, 0.1) is 11.9 Å². The van der Waals surface area contributed by atoms with E-state index in [2.05, 4.69) is 10.4 Å². The van der Waals surface area contributed by atoms with Crippen LogP contribution >= 0.6 is 0 Å². The molecule has 1 heterocycles. The van der Waals surface area contributed by atoms with E-state index < -0.39 is 26.1 Å². The van der Waals surface area contributed by atoms with Gasteiger partial charge in [0.1, 0.15) is 10.7 Å². The highest BCUT2D eigenvalue weighted by Crippen LogP contribution is 2.34. The molecular weight excluding hydrogens is 350 g/mol. The smallest absolute Gasteiger partial charge is 0.384 e. The molecule has 0 aliphatic rings. The summed E-state index contributed by atoms with van der Waals surface area (Å²) in [6, 6.07) is 2.24. The Hall–Kier alpha value is -2.10. The largest absolute Gasteiger partial charge is 0.501 e. The number of alkyl halides is 3. The van der Waals surface area contributed by atoms with Crippen LogP contribution < -0.4 is 5.32 Å². The fourth-order valence-electron chi connectivity index (χ4n) is 2.04. The van der Waals surface area contributed by atoms with Crippen molar-refractivity contribution in [2.45, 2.75) is 30.3 Å². The van der Waals surface area contributed by atoms with Crippen molar-refractivity contribution in [3.05, 3.63) is 42.0 Å². The number of hydrogen-bond donors (Lipinski definition) is 1. The van der Waals surface area contributed by atoms with Crippen LogP contribution in [0.1, 0.15) is 12.0 Å². The van der Waals surface area contributed by atoms with Crippen LogP contribution in [-0.2, 0) is 16.4 Å². The Balaban J connectivity index is 2.10. The molecule has 0 radical (unpaired) electrons. The van der Waals surface area contributed by atoms with Crippen LogP contribution in [0, 0.1) is 12.7 Å². The van der Waals surface area contributed by atoms with Gasteiger partial charge in [-0.15, -0.1) is 0 Å². The summed E-state index contributed by atoms with van der Waals surface area (Å²) in [5.41, 5.74) is -4.81. The highest BCUT2D eigenvalue weighted by molar-refractivity contribution is 7.92. The van der Waals surface area contributed by atoms with Crippen molar-refractivity contribution in [1.29, 1.82) is 0 Å². The number of benzene rings is 1. The van der Waals surface area contributed by atoms with E-state index in [1.165, 1.54) is 0 Å². The van der Waals surface area contributed by atoms with Gasteiger partial charge < -0.3 is 5.32 Å². The summed E-state index contributed by atoms with van der Waals surface area (Å²) < 4.78 is 76.0. The van der Waals surface area contributed by atoms with E-state index in [1.807, 2.05) is 6.92 Å². The van der Waals surface area contributed by atoms with E-state index in [-0.39, 0.29) is 12.2 Å². The van der Waals surface area contributed by atoms with Gasteiger partial charge in [0.25, 0.3) is 9.84 Å². The second-order valence-electron chi connectivity index (χ2n) is 5.15. The summed E-state index contributed by atoms with van der Waals surface area (Å²) in [4.78, 5) is -1.12. The van der Waals surface area contributed by atoms with E-state index in [0.29, 0.717) is 19.0 Å². The Labute approximate surface area is 136 Å². The van der Waals surface area contributed by atoms with Crippen molar-refractivity contribution >= 4 is 15.5 Å². The van der Waals surface area contributed by atoms with Gasteiger partial charge in [0.15, 0.2) is 0 Å². The van der Waals surface area contributed by atoms with Gasteiger partial charge in [-0.3, -0.25) is 4.68 Å². The number of aromatic nitrogens is 2. The summed E-state index contributed by atoms with van der Waals surface area (Å²) in [5, 5.41) is 6.66. The number of rotatable bonds is 6. The third-order valence-electron chi connectivity index (χ3n) is 3.18. The van der Waals surface area contributed by atoms with Gasteiger partial charge in [-0.2, -0.15) is 18.3 Å². The van der Waals surface area contributed by atoms with Crippen LogP contribution in [0.15, 0.2) is 35.5 Å². The quantitative estimate of drug-likeness (QED) is 0.631. The van der Waals surface area contributed by atoms with Crippen LogP contribution in [0.4, 0.5) is 23.2 Å². The first-order chi connectivity index (χ1) is 11.1. The molecule has 0 saturated heterocycles. The second-order valence-corrected chi connectivity index (χ2v) is 7.06. The summed E-state index contributed by atoms with van der Waals surface area (Å²) in [6.45, 7) is 2.57. The fourth-order valence-corrected chi connectivity index (χ4v) is 2.99. The molecule has 0 spiro atoms. The zero-order chi connectivity index (χ0) is 18.0. The standard InChI is InChI=1S/C14H15F4N3O2S/c1-10-8-20-21(9-10)6-2-5-19-12-4-3-11(15)7-13(12)24(22,23)14(16,17)18/h3-4,7-9,19H,2,5-6H2,1H3. The number of anilines is 1. The average Bonchev–Trinajstić information content (AvgIpc) is 2.89. The van der Waals surface area contributed by atoms with Crippen LogP contribution in [0.3, 0.4) is 0 Å². The lowest BCUT2D eigenvalue weighted by Gasteiger charge is -2.14. The molecule has 1 N–H and O–H groups in total. The Morgan fingerprint density at radius 1 is 1.29 bits per heavy atom. The third-order valence-corrected chi connectivity index (χ3v) is 4.71. The summed E-state index contributed by atoms with van der Waals surface area (Å²) in [5.74, 6) is -1.06. The van der Waals surface area contributed by atoms with Gasteiger partial charge in [-0.05, 0) is 37.1 Å². The monoisotopic (exact) mass is 365 g/mol. The molecule has 2 rings (SSSR count). The number of halogens is 4. The summed E-state index contributed by atoms with van der Waals surface area (Å²) in [7, 11) is -5.64. The lowest BCUT2D eigenvalue weighted by Crippen LogP contribution is -2.24. The molecule has 0 fully saturated rings. The Kier molecular flexibility index (Phi) is 5.16. The predicted molar refractivity (Wildman–Crippen MR) is 79.7 cm³/mol. The van der Waals surface area contributed by atoms with Crippen LogP contribution in [0.25, 0.3) is 0 Å². The zero-order valence-corrected chi connectivity index (χ0v) is 13.5. The van der Waals surface area contributed by atoms with Gasteiger partial charge in [0, 0.05) is 19.3 Å². The molecule has 0 saturated carbocycles. The minimum atomic E-state index is -5.64.